The second kappa shape index (κ2) is 8.93. The van der Waals surface area contributed by atoms with E-state index in [9.17, 15) is 8.42 Å². The lowest BCUT2D eigenvalue weighted by Crippen LogP contribution is -2.46. The van der Waals surface area contributed by atoms with Gasteiger partial charge in [-0.05, 0) is 27.2 Å². The molecule has 0 aliphatic heterocycles. The van der Waals surface area contributed by atoms with Crippen molar-refractivity contribution in [1.82, 2.24) is 9.62 Å². The number of sulfonamides is 1. The first-order valence-corrected chi connectivity index (χ1v) is 8.97. The first-order chi connectivity index (χ1) is 8.73. The standard InChI is InChI=1S/C14H32N2O2S/c1-7-8-9-10-16(13(4)5)19(17,18)14(6)11-15-12(2)3/h12-15H,7-11H2,1-6H3. The van der Waals surface area contributed by atoms with Crippen molar-refractivity contribution in [2.24, 2.45) is 0 Å². The van der Waals surface area contributed by atoms with Crippen LogP contribution in [-0.2, 0) is 10.0 Å². The summed E-state index contributed by atoms with van der Waals surface area (Å²) in [5.41, 5.74) is 0. The van der Waals surface area contributed by atoms with Gasteiger partial charge in [0.15, 0.2) is 0 Å². The Kier molecular flexibility index (Phi) is 8.86. The minimum absolute atomic E-state index is 0.0309. The molecule has 4 nitrogen and oxygen atoms in total. The van der Waals surface area contributed by atoms with Crippen molar-refractivity contribution in [1.29, 1.82) is 0 Å². The summed E-state index contributed by atoms with van der Waals surface area (Å²) in [6, 6.07) is 0.341. The van der Waals surface area contributed by atoms with E-state index in [1.54, 1.807) is 11.2 Å². The summed E-state index contributed by atoms with van der Waals surface area (Å²) in [6.45, 7) is 13.0. The molecule has 1 atom stereocenters. The Morgan fingerprint density at radius 2 is 1.63 bits per heavy atom. The van der Waals surface area contributed by atoms with Crippen LogP contribution in [0.3, 0.4) is 0 Å². The quantitative estimate of drug-likeness (QED) is 0.630. The maximum absolute atomic E-state index is 12.6. The van der Waals surface area contributed by atoms with E-state index in [4.69, 9.17) is 0 Å². The average molecular weight is 292 g/mol. The van der Waals surface area contributed by atoms with Crippen LogP contribution in [0, 0.1) is 0 Å². The summed E-state index contributed by atoms with van der Waals surface area (Å²) < 4.78 is 26.8. The molecule has 19 heavy (non-hydrogen) atoms. The fourth-order valence-corrected chi connectivity index (χ4v) is 3.68. The lowest BCUT2D eigenvalue weighted by molar-refractivity contribution is 0.340. The number of hydrogen-bond donors (Lipinski definition) is 1. The molecule has 0 spiro atoms. The van der Waals surface area contributed by atoms with E-state index in [0.717, 1.165) is 19.3 Å². The molecular weight excluding hydrogens is 260 g/mol. The zero-order chi connectivity index (χ0) is 15.1. The summed E-state index contributed by atoms with van der Waals surface area (Å²) in [5.74, 6) is 0. The number of unbranched alkanes of at least 4 members (excludes halogenated alkanes) is 2. The van der Waals surface area contributed by atoms with E-state index < -0.39 is 10.0 Å². The highest BCUT2D eigenvalue weighted by molar-refractivity contribution is 7.89. The first kappa shape index (κ1) is 18.9. The SMILES string of the molecule is CCCCCN(C(C)C)S(=O)(=O)C(C)CNC(C)C. The van der Waals surface area contributed by atoms with Crippen LogP contribution in [0.1, 0.15) is 60.8 Å². The van der Waals surface area contributed by atoms with Gasteiger partial charge in [0, 0.05) is 25.2 Å². The lowest BCUT2D eigenvalue weighted by atomic mass is 10.2. The third kappa shape index (κ3) is 6.72. The van der Waals surface area contributed by atoms with Crippen LogP contribution < -0.4 is 5.32 Å². The van der Waals surface area contributed by atoms with Crippen molar-refractivity contribution >= 4 is 10.0 Å². The molecule has 0 amide bonds. The van der Waals surface area contributed by atoms with E-state index in [0.29, 0.717) is 19.1 Å². The second-order valence-electron chi connectivity index (χ2n) is 5.83. The molecule has 116 valence electrons. The number of nitrogens with zero attached hydrogens (tertiary/aromatic N) is 1. The molecule has 0 rings (SSSR count). The maximum atomic E-state index is 12.6. The maximum Gasteiger partial charge on any atom is 0.218 e. The molecule has 1 unspecified atom stereocenters. The van der Waals surface area contributed by atoms with E-state index in [2.05, 4.69) is 12.2 Å². The Hall–Kier alpha value is -0.130. The predicted octanol–water partition coefficient (Wildman–Crippen LogP) is 2.60. The Balaban J connectivity index is 4.68. The average Bonchev–Trinajstić information content (AvgIpc) is 2.30. The molecule has 0 aliphatic rings. The van der Waals surface area contributed by atoms with Crippen LogP contribution in [0.25, 0.3) is 0 Å². The largest absolute Gasteiger partial charge is 0.313 e. The van der Waals surface area contributed by atoms with Crippen molar-refractivity contribution in [3.05, 3.63) is 0 Å². The van der Waals surface area contributed by atoms with Gasteiger partial charge in [0.2, 0.25) is 10.0 Å². The van der Waals surface area contributed by atoms with E-state index >= 15 is 0 Å². The van der Waals surface area contributed by atoms with Crippen molar-refractivity contribution < 1.29 is 8.42 Å². The van der Waals surface area contributed by atoms with Gasteiger partial charge < -0.3 is 5.32 Å². The second-order valence-corrected chi connectivity index (χ2v) is 8.13. The minimum atomic E-state index is -3.21. The number of hydrogen-bond acceptors (Lipinski definition) is 3. The Bertz CT molecular complexity index is 326. The van der Waals surface area contributed by atoms with Crippen molar-refractivity contribution in [2.45, 2.75) is 78.1 Å². The molecule has 0 aromatic carbocycles. The molecule has 0 radical (unpaired) electrons. The third-order valence-electron chi connectivity index (χ3n) is 3.21. The summed E-state index contributed by atoms with van der Waals surface area (Å²) >= 11 is 0. The summed E-state index contributed by atoms with van der Waals surface area (Å²) in [5, 5.41) is 2.83. The van der Waals surface area contributed by atoms with Crippen LogP contribution >= 0.6 is 0 Å². The molecule has 1 N–H and O–H groups in total. The Labute approximate surface area is 120 Å². The molecule has 5 heteroatoms. The van der Waals surface area contributed by atoms with Gasteiger partial charge in [-0.2, -0.15) is 4.31 Å². The van der Waals surface area contributed by atoms with Gasteiger partial charge >= 0.3 is 0 Å². The number of nitrogens with one attached hydrogen (secondary N) is 1. The zero-order valence-corrected chi connectivity index (χ0v) is 14.3. The fraction of sp³-hybridized carbons (Fsp3) is 1.00. The molecule has 0 aromatic rings. The van der Waals surface area contributed by atoms with Gasteiger partial charge in [-0.1, -0.05) is 33.6 Å². The molecular formula is C14H32N2O2S. The molecule has 0 bridgehead atoms. The van der Waals surface area contributed by atoms with Gasteiger partial charge in [-0.15, -0.1) is 0 Å². The minimum Gasteiger partial charge on any atom is -0.313 e. The summed E-state index contributed by atoms with van der Waals surface area (Å²) in [4.78, 5) is 0. The molecule has 0 saturated carbocycles. The van der Waals surface area contributed by atoms with Crippen molar-refractivity contribution in [2.75, 3.05) is 13.1 Å². The van der Waals surface area contributed by atoms with Gasteiger partial charge in [-0.3, -0.25) is 0 Å². The van der Waals surface area contributed by atoms with Crippen molar-refractivity contribution in [3.8, 4) is 0 Å². The highest BCUT2D eigenvalue weighted by Gasteiger charge is 2.30. The van der Waals surface area contributed by atoms with E-state index in [1.807, 2.05) is 27.7 Å². The predicted molar refractivity (Wildman–Crippen MR) is 82.9 cm³/mol. The third-order valence-corrected chi connectivity index (χ3v) is 5.65. The van der Waals surface area contributed by atoms with Gasteiger partial charge in [0.25, 0.3) is 0 Å². The van der Waals surface area contributed by atoms with Crippen LogP contribution in [0.5, 0.6) is 0 Å². The van der Waals surface area contributed by atoms with Crippen LogP contribution in [-0.4, -0.2) is 43.1 Å². The Morgan fingerprint density at radius 1 is 1.05 bits per heavy atom. The van der Waals surface area contributed by atoms with Gasteiger partial charge in [0.05, 0.1) is 5.25 Å². The van der Waals surface area contributed by atoms with Gasteiger partial charge in [0.1, 0.15) is 0 Å². The fourth-order valence-electron chi connectivity index (χ4n) is 1.94. The number of rotatable bonds is 10. The first-order valence-electron chi connectivity index (χ1n) is 7.47. The normalized spacial score (nSPS) is 14.6. The van der Waals surface area contributed by atoms with Crippen LogP contribution in [0.4, 0.5) is 0 Å². The summed E-state index contributed by atoms with van der Waals surface area (Å²) in [7, 11) is -3.21. The monoisotopic (exact) mass is 292 g/mol. The Morgan fingerprint density at radius 3 is 2.05 bits per heavy atom. The molecule has 0 aliphatic carbocycles. The topological polar surface area (TPSA) is 49.4 Å². The molecule has 0 heterocycles. The smallest absolute Gasteiger partial charge is 0.218 e. The lowest BCUT2D eigenvalue weighted by Gasteiger charge is -2.29. The van der Waals surface area contributed by atoms with E-state index in [-0.39, 0.29) is 11.3 Å². The highest BCUT2D eigenvalue weighted by Crippen LogP contribution is 2.14. The summed E-state index contributed by atoms with van der Waals surface area (Å²) in [6.07, 6.45) is 3.13. The molecule has 0 saturated heterocycles. The molecule has 0 fully saturated rings. The van der Waals surface area contributed by atoms with Crippen LogP contribution in [0.2, 0.25) is 0 Å². The zero-order valence-electron chi connectivity index (χ0n) is 13.4. The molecule has 0 aromatic heterocycles. The highest BCUT2D eigenvalue weighted by atomic mass is 32.2. The van der Waals surface area contributed by atoms with E-state index in [1.165, 1.54) is 0 Å². The van der Waals surface area contributed by atoms with Gasteiger partial charge in [-0.25, -0.2) is 8.42 Å². The van der Waals surface area contributed by atoms with Crippen molar-refractivity contribution in [3.63, 3.8) is 0 Å². The van der Waals surface area contributed by atoms with Crippen LogP contribution in [0.15, 0.2) is 0 Å².